The molecule has 0 aromatic heterocycles. The van der Waals surface area contributed by atoms with E-state index in [1.54, 1.807) is 12.1 Å². The van der Waals surface area contributed by atoms with E-state index in [1.807, 2.05) is 12.1 Å². The van der Waals surface area contributed by atoms with Crippen molar-refractivity contribution in [2.45, 2.75) is 18.2 Å². The van der Waals surface area contributed by atoms with Crippen molar-refractivity contribution < 1.29 is 8.42 Å². The van der Waals surface area contributed by atoms with Gasteiger partial charge in [-0.05, 0) is 37.6 Å². The smallest absolute Gasteiger partial charge is 0.175 e. The van der Waals surface area contributed by atoms with Crippen LogP contribution in [-0.2, 0) is 9.84 Å². The third-order valence-electron chi connectivity index (χ3n) is 2.57. The normalized spacial score (nSPS) is 11.5. The molecule has 0 saturated heterocycles. The first-order valence-corrected chi connectivity index (χ1v) is 8.02. The fourth-order valence-corrected chi connectivity index (χ4v) is 2.37. The SMILES string of the molecule is CCN(CCCCl)c1ccc(S(C)(=O)=O)cc1. The van der Waals surface area contributed by atoms with Gasteiger partial charge in [0, 0.05) is 30.9 Å². The van der Waals surface area contributed by atoms with Crippen LogP contribution in [0.5, 0.6) is 0 Å². The summed E-state index contributed by atoms with van der Waals surface area (Å²) < 4.78 is 22.6. The van der Waals surface area contributed by atoms with Gasteiger partial charge in [0.25, 0.3) is 0 Å². The van der Waals surface area contributed by atoms with Gasteiger partial charge in [-0.1, -0.05) is 0 Å². The number of alkyl halides is 1. The van der Waals surface area contributed by atoms with Crippen LogP contribution in [-0.4, -0.2) is 33.6 Å². The van der Waals surface area contributed by atoms with E-state index in [0.29, 0.717) is 10.8 Å². The Bertz CT molecular complexity index is 442. The lowest BCUT2D eigenvalue weighted by Gasteiger charge is -2.22. The van der Waals surface area contributed by atoms with Gasteiger partial charge in [-0.2, -0.15) is 0 Å². The van der Waals surface area contributed by atoms with E-state index < -0.39 is 9.84 Å². The molecule has 0 aliphatic rings. The monoisotopic (exact) mass is 275 g/mol. The summed E-state index contributed by atoms with van der Waals surface area (Å²) in [5, 5.41) is 0. The van der Waals surface area contributed by atoms with Crippen LogP contribution in [0.1, 0.15) is 13.3 Å². The summed E-state index contributed by atoms with van der Waals surface area (Å²) in [5.74, 6) is 0.637. The van der Waals surface area contributed by atoms with Gasteiger partial charge in [-0.15, -0.1) is 11.6 Å². The lowest BCUT2D eigenvalue weighted by atomic mass is 10.2. The van der Waals surface area contributed by atoms with E-state index in [2.05, 4.69) is 11.8 Å². The highest BCUT2D eigenvalue weighted by molar-refractivity contribution is 7.90. The number of hydrogen-bond acceptors (Lipinski definition) is 3. The molecule has 0 heterocycles. The quantitative estimate of drug-likeness (QED) is 0.749. The van der Waals surface area contributed by atoms with Crippen LogP contribution in [0.4, 0.5) is 5.69 Å². The first kappa shape index (κ1) is 14.3. The number of anilines is 1. The zero-order valence-electron chi connectivity index (χ0n) is 10.2. The highest BCUT2D eigenvalue weighted by Crippen LogP contribution is 2.18. The van der Waals surface area contributed by atoms with E-state index in [0.717, 1.165) is 25.2 Å². The number of nitrogens with zero attached hydrogens (tertiary/aromatic N) is 1. The highest BCUT2D eigenvalue weighted by atomic mass is 35.5. The molecule has 0 N–H and O–H groups in total. The van der Waals surface area contributed by atoms with Crippen molar-refractivity contribution in [3.8, 4) is 0 Å². The second-order valence-corrected chi connectivity index (χ2v) is 6.28. The van der Waals surface area contributed by atoms with Crippen LogP contribution >= 0.6 is 11.6 Å². The molecule has 17 heavy (non-hydrogen) atoms. The molecule has 0 atom stereocenters. The first-order valence-electron chi connectivity index (χ1n) is 5.60. The van der Waals surface area contributed by atoms with Crippen LogP contribution in [0.2, 0.25) is 0 Å². The molecule has 0 spiro atoms. The topological polar surface area (TPSA) is 37.4 Å². The van der Waals surface area contributed by atoms with Crippen LogP contribution < -0.4 is 4.90 Å². The average Bonchev–Trinajstić information content (AvgIpc) is 2.29. The fourth-order valence-electron chi connectivity index (χ4n) is 1.62. The molecule has 0 unspecified atom stereocenters. The molecule has 3 nitrogen and oxygen atoms in total. The Kier molecular flexibility index (Phi) is 5.28. The van der Waals surface area contributed by atoms with Crippen LogP contribution in [0, 0.1) is 0 Å². The second-order valence-electron chi connectivity index (χ2n) is 3.89. The lowest BCUT2D eigenvalue weighted by molar-refractivity contribution is 0.602. The van der Waals surface area contributed by atoms with Gasteiger partial charge in [0.15, 0.2) is 9.84 Å². The molecular formula is C12H18ClNO2S. The van der Waals surface area contributed by atoms with Crippen molar-refractivity contribution >= 4 is 27.1 Å². The van der Waals surface area contributed by atoms with Crippen molar-refractivity contribution in [2.75, 3.05) is 30.1 Å². The second kappa shape index (κ2) is 6.26. The summed E-state index contributed by atoms with van der Waals surface area (Å²) in [6.07, 6.45) is 2.14. The van der Waals surface area contributed by atoms with Crippen LogP contribution in [0.3, 0.4) is 0 Å². The summed E-state index contributed by atoms with van der Waals surface area (Å²) in [6, 6.07) is 6.98. The zero-order valence-corrected chi connectivity index (χ0v) is 11.8. The molecule has 0 bridgehead atoms. The number of rotatable bonds is 6. The molecular weight excluding hydrogens is 258 g/mol. The molecule has 0 aliphatic carbocycles. The largest absolute Gasteiger partial charge is 0.372 e. The number of benzene rings is 1. The predicted octanol–water partition coefficient (Wildman–Crippen LogP) is 2.55. The molecule has 5 heteroatoms. The molecule has 0 fully saturated rings. The van der Waals surface area contributed by atoms with Crippen molar-refractivity contribution in [3.63, 3.8) is 0 Å². The number of hydrogen-bond donors (Lipinski definition) is 0. The maximum Gasteiger partial charge on any atom is 0.175 e. The van der Waals surface area contributed by atoms with Crippen molar-refractivity contribution in [1.29, 1.82) is 0 Å². The summed E-state index contributed by atoms with van der Waals surface area (Å²) in [6.45, 7) is 3.84. The first-order chi connectivity index (χ1) is 7.99. The van der Waals surface area contributed by atoms with Gasteiger partial charge in [-0.25, -0.2) is 8.42 Å². The van der Waals surface area contributed by atoms with Crippen molar-refractivity contribution in [2.24, 2.45) is 0 Å². The Morgan fingerprint density at radius 1 is 1.24 bits per heavy atom. The van der Waals surface area contributed by atoms with E-state index >= 15 is 0 Å². The molecule has 0 saturated carbocycles. The third kappa shape index (κ3) is 4.21. The predicted molar refractivity (Wildman–Crippen MR) is 72.8 cm³/mol. The van der Waals surface area contributed by atoms with Crippen LogP contribution in [0.15, 0.2) is 29.2 Å². The van der Waals surface area contributed by atoms with E-state index in [9.17, 15) is 8.42 Å². The Balaban J connectivity index is 2.85. The summed E-state index contributed by atoms with van der Waals surface area (Å²) in [5.41, 5.74) is 1.03. The minimum atomic E-state index is -3.11. The number of sulfone groups is 1. The van der Waals surface area contributed by atoms with Gasteiger partial charge >= 0.3 is 0 Å². The van der Waals surface area contributed by atoms with Crippen molar-refractivity contribution in [1.82, 2.24) is 0 Å². The van der Waals surface area contributed by atoms with E-state index in [1.165, 1.54) is 6.26 Å². The van der Waals surface area contributed by atoms with Gasteiger partial charge in [0.1, 0.15) is 0 Å². The molecule has 0 amide bonds. The Hall–Kier alpha value is -0.740. The third-order valence-corrected chi connectivity index (χ3v) is 3.97. The number of halogens is 1. The maximum absolute atomic E-state index is 11.3. The Morgan fingerprint density at radius 3 is 2.24 bits per heavy atom. The molecule has 1 rings (SSSR count). The molecule has 0 aliphatic heterocycles. The van der Waals surface area contributed by atoms with E-state index in [-0.39, 0.29) is 0 Å². The summed E-state index contributed by atoms with van der Waals surface area (Å²) in [4.78, 5) is 2.53. The molecule has 1 aromatic carbocycles. The van der Waals surface area contributed by atoms with Crippen LogP contribution in [0.25, 0.3) is 0 Å². The van der Waals surface area contributed by atoms with E-state index in [4.69, 9.17) is 11.6 Å². The standard InChI is InChI=1S/C12H18ClNO2S/c1-3-14(10-4-9-13)11-5-7-12(8-6-11)17(2,15)16/h5-8H,3-4,9-10H2,1-2H3. The lowest BCUT2D eigenvalue weighted by Crippen LogP contribution is -2.24. The maximum atomic E-state index is 11.3. The Labute approximate surface area is 108 Å². The molecule has 1 aromatic rings. The zero-order chi connectivity index (χ0) is 12.9. The van der Waals surface area contributed by atoms with Crippen molar-refractivity contribution in [3.05, 3.63) is 24.3 Å². The fraction of sp³-hybridized carbons (Fsp3) is 0.500. The van der Waals surface area contributed by atoms with Gasteiger partial charge in [0.2, 0.25) is 0 Å². The van der Waals surface area contributed by atoms with Gasteiger partial charge in [0.05, 0.1) is 4.90 Å². The molecule has 96 valence electrons. The van der Waals surface area contributed by atoms with Gasteiger partial charge < -0.3 is 4.90 Å². The summed E-state index contributed by atoms with van der Waals surface area (Å²) >= 11 is 5.67. The highest BCUT2D eigenvalue weighted by Gasteiger charge is 2.08. The average molecular weight is 276 g/mol. The summed E-state index contributed by atoms with van der Waals surface area (Å²) in [7, 11) is -3.11. The minimum Gasteiger partial charge on any atom is -0.372 e. The molecule has 0 radical (unpaired) electrons. The Morgan fingerprint density at radius 2 is 1.82 bits per heavy atom. The minimum absolute atomic E-state index is 0.356. The van der Waals surface area contributed by atoms with Gasteiger partial charge in [-0.3, -0.25) is 0 Å².